The number of benzene rings is 1. The van der Waals surface area contributed by atoms with Gasteiger partial charge in [-0.15, -0.1) is 0 Å². The largest absolute Gasteiger partial charge is 0.493 e. The minimum absolute atomic E-state index is 0.0863. The number of hydrogen-bond donors (Lipinski definition) is 1. The average molecular weight is 237 g/mol. The van der Waals surface area contributed by atoms with E-state index in [9.17, 15) is 4.79 Å². The zero-order valence-corrected chi connectivity index (χ0v) is 10.7. The molecule has 1 rings (SSSR count). The number of carbonyl (C=O) groups excluding carboxylic acids is 1. The zero-order chi connectivity index (χ0) is 12.8. The van der Waals surface area contributed by atoms with Gasteiger partial charge in [-0.1, -0.05) is 6.07 Å². The second kappa shape index (κ2) is 6.13. The maximum atomic E-state index is 12.0. The number of rotatable bonds is 5. The molecular formula is C13H19NO3. The predicted octanol–water partition coefficient (Wildman–Crippen LogP) is 2.23. The Labute approximate surface area is 102 Å². The number of para-hydroxylation sites is 1. The molecule has 0 aliphatic carbocycles. The molecule has 0 saturated heterocycles. The molecule has 0 aromatic heterocycles. The quantitative estimate of drug-likeness (QED) is 0.854. The highest BCUT2D eigenvalue weighted by Crippen LogP contribution is 2.31. The summed E-state index contributed by atoms with van der Waals surface area (Å²) < 4.78 is 10.7. The molecule has 0 aliphatic rings. The number of hydrogen-bond acceptors (Lipinski definition) is 3. The van der Waals surface area contributed by atoms with Crippen LogP contribution in [0.5, 0.6) is 11.5 Å². The summed E-state index contributed by atoms with van der Waals surface area (Å²) in [5.41, 5.74) is 0.500. The molecule has 94 valence electrons. The molecule has 1 amide bonds. The van der Waals surface area contributed by atoms with Gasteiger partial charge >= 0.3 is 0 Å². The Morgan fingerprint density at radius 3 is 2.65 bits per heavy atom. The van der Waals surface area contributed by atoms with E-state index < -0.39 is 0 Å². The number of amides is 1. The second-order valence-electron chi connectivity index (χ2n) is 3.90. The fourth-order valence-electron chi connectivity index (χ4n) is 1.49. The van der Waals surface area contributed by atoms with Crippen molar-refractivity contribution in [3.8, 4) is 11.5 Å². The van der Waals surface area contributed by atoms with Crippen LogP contribution in [0.4, 0.5) is 0 Å². The molecule has 0 heterocycles. The monoisotopic (exact) mass is 237 g/mol. The highest BCUT2D eigenvalue weighted by atomic mass is 16.5. The molecule has 0 radical (unpaired) electrons. The molecule has 1 aromatic rings. The normalized spacial score (nSPS) is 10.2. The van der Waals surface area contributed by atoms with E-state index in [2.05, 4.69) is 5.32 Å². The van der Waals surface area contributed by atoms with Crippen LogP contribution < -0.4 is 14.8 Å². The summed E-state index contributed by atoms with van der Waals surface area (Å²) >= 11 is 0. The van der Waals surface area contributed by atoms with E-state index >= 15 is 0 Å². The van der Waals surface area contributed by atoms with Gasteiger partial charge in [0.25, 0.3) is 5.91 Å². The van der Waals surface area contributed by atoms with Crippen molar-refractivity contribution in [2.24, 2.45) is 0 Å². The van der Waals surface area contributed by atoms with Gasteiger partial charge in [-0.25, -0.2) is 0 Å². The van der Waals surface area contributed by atoms with Gasteiger partial charge in [0.05, 0.1) is 19.3 Å². The molecule has 1 N–H and O–H groups in total. The Balaban J connectivity index is 3.08. The Morgan fingerprint density at radius 2 is 2.12 bits per heavy atom. The van der Waals surface area contributed by atoms with Gasteiger partial charge < -0.3 is 14.8 Å². The lowest BCUT2D eigenvalue weighted by Gasteiger charge is -2.15. The molecule has 0 bridgehead atoms. The van der Waals surface area contributed by atoms with Crippen molar-refractivity contribution in [1.82, 2.24) is 5.32 Å². The topological polar surface area (TPSA) is 47.6 Å². The van der Waals surface area contributed by atoms with E-state index in [-0.39, 0.29) is 11.9 Å². The first kappa shape index (κ1) is 13.4. The summed E-state index contributed by atoms with van der Waals surface area (Å²) in [4.78, 5) is 12.0. The number of nitrogens with one attached hydrogen (secondary N) is 1. The highest BCUT2D eigenvalue weighted by molar-refractivity contribution is 5.97. The molecule has 17 heavy (non-hydrogen) atoms. The van der Waals surface area contributed by atoms with E-state index in [1.807, 2.05) is 20.8 Å². The summed E-state index contributed by atoms with van der Waals surface area (Å²) in [6.45, 7) is 6.19. The lowest BCUT2D eigenvalue weighted by molar-refractivity contribution is 0.0938. The minimum atomic E-state index is -0.151. The first-order valence-corrected chi connectivity index (χ1v) is 5.70. The van der Waals surface area contributed by atoms with Crippen LogP contribution in [-0.4, -0.2) is 25.7 Å². The second-order valence-corrected chi connectivity index (χ2v) is 3.90. The Morgan fingerprint density at radius 1 is 1.41 bits per heavy atom. The molecule has 4 heteroatoms. The van der Waals surface area contributed by atoms with Crippen molar-refractivity contribution >= 4 is 5.91 Å². The molecule has 1 aromatic carbocycles. The maximum absolute atomic E-state index is 12.0. The molecule has 0 saturated carbocycles. The molecular weight excluding hydrogens is 218 g/mol. The van der Waals surface area contributed by atoms with Crippen molar-refractivity contribution in [2.45, 2.75) is 26.8 Å². The highest BCUT2D eigenvalue weighted by Gasteiger charge is 2.17. The van der Waals surface area contributed by atoms with Crippen molar-refractivity contribution in [3.63, 3.8) is 0 Å². The Kier molecular flexibility index (Phi) is 4.82. The number of ether oxygens (including phenoxy) is 2. The van der Waals surface area contributed by atoms with Gasteiger partial charge in [0.15, 0.2) is 11.5 Å². The fraction of sp³-hybridized carbons (Fsp3) is 0.462. The first-order valence-electron chi connectivity index (χ1n) is 5.70. The van der Waals surface area contributed by atoms with Crippen molar-refractivity contribution in [1.29, 1.82) is 0 Å². The molecule has 0 aliphatic heterocycles. The SMILES string of the molecule is CCOc1c(OC)cccc1C(=O)NC(C)C. The van der Waals surface area contributed by atoms with Gasteiger partial charge in [-0.2, -0.15) is 0 Å². The Hall–Kier alpha value is -1.71. The van der Waals surface area contributed by atoms with Crippen LogP contribution in [0.25, 0.3) is 0 Å². The maximum Gasteiger partial charge on any atom is 0.255 e. The van der Waals surface area contributed by atoms with Crippen molar-refractivity contribution in [2.75, 3.05) is 13.7 Å². The van der Waals surface area contributed by atoms with E-state index in [0.717, 1.165) is 0 Å². The van der Waals surface area contributed by atoms with Crippen LogP contribution in [0.3, 0.4) is 0 Å². The smallest absolute Gasteiger partial charge is 0.255 e. The van der Waals surface area contributed by atoms with Crippen LogP contribution in [0.2, 0.25) is 0 Å². The van der Waals surface area contributed by atoms with Gasteiger partial charge in [0, 0.05) is 6.04 Å². The van der Waals surface area contributed by atoms with Gasteiger partial charge in [0.2, 0.25) is 0 Å². The average Bonchev–Trinajstić information content (AvgIpc) is 2.28. The van der Waals surface area contributed by atoms with E-state index in [0.29, 0.717) is 23.7 Å². The van der Waals surface area contributed by atoms with Crippen LogP contribution in [0.15, 0.2) is 18.2 Å². The van der Waals surface area contributed by atoms with E-state index in [1.165, 1.54) is 0 Å². The first-order chi connectivity index (χ1) is 8.10. The van der Waals surface area contributed by atoms with Crippen LogP contribution in [-0.2, 0) is 0 Å². The lowest BCUT2D eigenvalue weighted by Crippen LogP contribution is -2.30. The number of carbonyl (C=O) groups is 1. The predicted molar refractivity (Wildman–Crippen MR) is 66.8 cm³/mol. The van der Waals surface area contributed by atoms with Crippen LogP contribution in [0, 0.1) is 0 Å². The fourth-order valence-corrected chi connectivity index (χ4v) is 1.49. The summed E-state index contributed by atoms with van der Waals surface area (Å²) in [5.74, 6) is 0.918. The lowest BCUT2D eigenvalue weighted by atomic mass is 10.1. The third kappa shape index (κ3) is 3.37. The molecule has 0 spiro atoms. The van der Waals surface area contributed by atoms with Gasteiger partial charge in [0.1, 0.15) is 0 Å². The molecule has 0 fully saturated rings. The minimum Gasteiger partial charge on any atom is -0.493 e. The Bertz CT molecular complexity index is 388. The standard InChI is InChI=1S/C13H19NO3/c1-5-17-12-10(13(15)14-9(2)3)7-6-8-11(12)16-4/h6-9H,5H2,1-4H3,(H,14,15). The summed E-state index contributed by atoms with van der Waals surface area (Å²) in [5, 5.41) is 2.83. The molecule has 0 unspecified atom stereocenters. The summed E-state index contributed by atoms with van der Waals surface area (Å²) in [7, 11) is 1.56. The van der Waals surface area contributed by atoms with E-state index in [1.54, 1.807) is 25.3 Å². The third-order valence-electron chi connectivity index (χ3n) is 2.15. The third-order valence-corrected chi connectivity index (χ3v) is 2.15. The van der Waals surface area contributed by atoms with E-state index in [4.69, 9.17) is 9.47 Å². The van der Waals surface area contributed by atoms with Gasteiger partial charge in [-0.3, -0.25) is 4.79 Å². The van der Waals surface area contributed by atoms with Crippen molar-refractivity contribution < 1.29 is 14.3 Å². The van der Waals surface area contributed by atoms with Crippen molar-refractivity contribution in [3.05, 3.63) is 23.8 Å². The summed E-state index contributed by atoms with van der Waals surface area (Å²) in [6.07, 6.45) is 0. The van der Waals surface area contributed by atoms with Crippen LogP contribution in [0.1, 0.15) is 31.1 Å². The number of methoxy groups -OCH3 is 1. The van der Waals surface area contributed by atoms with Crippen LogP contribution >= 0.6 is 0 Å². The summed E-state index contributed by atoms with van der Waals surface area (Å²) in [6, 6.07) is 5.36. The zero-order valence-electron chi connectivity index (χ0n) is 10.7. The molecule has 4 nitrogen and oxygen atoms in total. The van der Waals surface area contributed by atoms with Gasteiger partial charge in [-0.05, 0) is 32.9 Å². The molecule has 0 atom stereocenters.